The molecule has 0 fully saturated rings. The van der Waals surface area contributed by atoms with Crippen LogP contribution in [0.15, 0.2) is 146 Å². The fraction of sp³-hybridized carbons (Fsp3) is 0.227. The van der Waals surface area contributed by atoms with E-state index in [9.17, 15) is 35.9 Å². The van der Waals surface area contributed by atoms with Crippen LogP contribution < -0.4 is 10.6 Å². The fourth-order valence-corrected chi connectivity index (χ4v) is 6.76. The zero-order valence-electron chi connectivity index (χ0n) is 30.9. The highest BCUT2D eigenvalue weighted by atomic mass is 19.4. The predicted molar refractivity (Wildman–Crippen MR) is 203 cm³/mol. The third-order valence-corrected chi connectivity index (χ3v) is 9.68. The van der Waals surface area contributed by atoms with Gasteiger partial charge in [0.15, 0.2) is 0 Å². The molecular weight excluding hydrogens is 734 g/mol. The summed E-state index contributed by atoms with van der Waals surface area (Å²) in [5.74, 6) is -2.51. The van der Waals surface area contributed by atoms with Crippen molar-refractivity contribution in [3.05, 3.63) is 168 Å². The number of alkyl halides is 6. The van der Waals surface area contributed by atoms with E-state index >= 15 is 0 Å². The summed E-state index contributed by atoms with van der Waals surface area (Å²) in [5.41, 5.74) is -5.34. The molecule has 0 aliphatic carbocycles. The molecule has 0 aliphatic heterocycles. The number of carbonyl (C=O) groups is 2. The van der Waals surface area contributed by atoms with Crippen LogP contribution in [0.25, 0.3) is 21.5 Å². The van der Waals surface area contributed by atoms with Crippen molar-refractivity contribution >= 4 is 33.4 Å². The van der Waals surface area contributed by atoms with Gasteiger partial charge in [0.1, 0.15) is 0 Å². The Balaban J connectivity index is 0.000000214. The van der Waals surface area contributed by atoms with Gasteiger partial charge in [-0.15, -0.1) is 0 Å². The molecule has 12 heteroatoms. The molecule has 0 aromatic heterocycles. The highest BCUT2D eigenvalue weighted by molar-refractivity contribution is 5.97. The van der Waals surface area contributed by atoms with E-state index in [1.54, 1.807) is 135 Å². The van der Waals surface area contributed by atoms with Crippen LogP contribution in [0.5, 0.6) is 0 Å². The standard InChI is InChI=1S/2C22H20F3NO2/c2*1-15(16-9-4-3-5-10-16)26-20(27)21(28-2,22(23,24)25)19-14-8-12-17-11-6-7-13-18(17)19/h2*3-15H,1-2H3,(H,26,27)/t2*15-,21-/m11/s1. The maximum atomic E-state index is 14.3. The molecule has 2 N–H and O–H groups in total. The normalized spacial score (nSPS) is 15.0. The van der Waals surface area contributed by atoms with Gasteiger partial charge in [0, 0.05) is 25.3 Å². The van der Waals surface area contributed by atoms with Gasteiger partial charge in [0.25, 0.3) is 23.0 Å². The van der Waals surface area contributed by atoms with Crippen molar-refractivity contribution in [3.8, 4) is 0 Å². The lowest BCUT2D eigenvalue weighted by molar-refractivity contribution is -0.266. The molecule has 0 bridgehead atoms. The summed E-state index contributed by atoms with van der Waals surface area (Å²) in [7, 11) is 1.81. The Morgan fingerprint density at radius 3 is 1.09 bits per heavy atom. The first-order chi connectivity index (χ1) is 26.6. The van der Waals surface area contributed by atoms with Crippen LogP contribution in [0.2, 0.25) is 0 Å². The molecule has 0 spiro atoms. The number of methoxy groups -OCH3 is 2. The molecule has 6 rings (SSSR count). The van der Waals surface area contributed by atoms with Crippen molar-refractivity contribution < 1.29 is 45.4 Å². The van der Waals surface area contributed by atoms with Crippen LogP contribution in [-0.4, -0.2) is 38.4 Å². The molecule has 2 amide bonds. The first kappa shape index (κ1) is 41.4. The van der Waals surface area contributed by atoms with Crippen LogP contribution in [0.4, 0.5) is 26.3 Å². The van der Waals surface area contributed by atoms with Crippen LogP contribution in [0, 0.1) is 0 Å². The van der Waals surface area contributed by atoms with E-state index in [1.807, 2.05) is 0 Å². The third kappa shape index (κ3) is 7.98. The molecule has 6 aromatic carbocycles. The van der Waals surface area contributed by atoms with Gasteiger partial charge in [0.05, 0.1) is 12.1 Å². The first-order valence-electron chi connectivity index (χ1n) is 17.5. The number of halogens is 6. The average Bonchev–Trinajstić information content (AvgIpc) is 3.19. The number of hydrogen-bond donors (Lipinski definition) is 2. The lowest BCUT2D eigenvalue weighted by Crippen LogP contribution is -2.56. The summed E-state index contributed by atoms with van der Waals surface area (Å²) in [5, 5.41) is 6.76. The predicted octanol–water partition coefficient (Wildman–Crippen LogP) is 10.2. The van der Waals surface area contributed by atoms with Crippen molar-refractivity contribution in [1.29, 1.82) is 0 Å². The molecule has 56 heavy (non-hydrogen) atoms. The fourth-order valence-electron chi connectivity index (χ4n) is 6.76. The number of amides is 2. The van der Waals surface area contributed by atoms with Crippen LogP contribution in [0.1, 0.15) is 48.2 Å². The molecule has 0 saturated heterocycles. The van der Waals surface area contributed by atoms with E-state index in [2.05, 4.69) is 10.6 Å². The minimum Gasteiger partial charge on any atom is -0.356 e. The quantitative estimate of drug-likeness (QED) is 0.136. The maximum Gasteiger partial charge on any atom is 0.430 e. The number of ether oxygens (including phenoxy) is 2. The van der Waals surface area contributed by atoms with Crippen molar-refractivity contribution in [2.24, 2.45) is 0 Å². The minimum atomic E-state index is -4.97. The summed E-state index contributed by atoms with van der Waals surface area (Å²) < 4.78 is 95.8. The zero-order valence-corrected chi connectivity index (χ0v) is 30.9. The van der Waals surface area contributed by atoms with Gasteiger partial charge in [-0.05, 0) is 46.5 Å². The summed E-state index contributed by atoms with van der Waals surface area (Å²) in [6.45, 7) is 3.26. The topological polar surface area (TPSA) is 76.7 Å². The van der Waals surface area contributed by atoms with Crippen LogP contribution >= 0.6 is 0 Å². The highest BCUT2D eigenvalue weighted by Crippen LogP contribution is 2.46. The Labute approximate surface area is 320 Å². The Morgan fingerprint density at radius 2 is 0.768 bits per heavy atom. The van der Waals surface area contributed by atoms with Crippen molar-refractivity contribution in [2.75, 3.05) is 14.2 Å². The van der Waals surface area contributed by atoms with E-state index in [-0.39, 0.29) is 11.1 Å². The van der Waals surface area contributed by atoms with E-state index in [0.717, 1.165) is 14.2 Å². The van der Waals surface area contributed by atoms with Gasteiger partial charge in [-0.2, -0.15) is 26.3 Å². The van der Waals surface area contributed by atoms with E-state index in [1.165, 1.54) is 24.3 Å². The molecule has 0 heterocycles. The summed E-state index contributed by atoms with van der Waals surface area (Å²) >= 11 is 0. The van der Waals surface area contributed by atoms with Crippen molar-refractivity contribution in [2.45, 2.75) is 49.5 Å². The molecule has 0 saturated carbocycles. The van der Waals surface area contributed by atoms with Gasteiger partial charge in [-0.25, -0.2) is 0 Å². The number of rotatable bonds is 10. The van der Waals surface area contributed by atoms with Gasteiger partial charge in [-0.1, -0.05) is 146 Å². The zero-order chi connectivity index (χ0) is 40.7. The summed E-state index contributed by atoms with van der Waals surface area (Å²) in [4.78, 5) is 26.0. The number of nitrogens with one attached hydrogen (secondary N) is 2. The lowest BCUT2D eigenvalue weighted by Gasteiger charge is -2.35. The minimum absolute atomic E-state index is 0.238. The Kier molecular flexibility index (Phi) is 12.6. The van der Waals surface area contributed by atoms with Gasteiger partial charge in [-0.3, -0.25) is 9.59 Å². The molecule has 0 unspecified atom stereocenters. The lowest BCUT2D eigenvalue weighted by atomic mass is 9.87. The molecule has 6 aromatic rings. The SMILES string of the molecule is CO[C@@](C(=O)N[C@H](C)c1ccccc1)(c1cccc2ccccc12)C(F)(F)F.CO[C@@](C(=O)N[C@H](C)c1ccccc1)(c1cccc2ccccc12)C(F)(F)F. The molecule has 292 valence electrons. The number of benzene rings is 6. The van der Waals surface area contributed by atoms with Crippen molar-refractivity contribution in [1.82, 2.24) is 10.6 Å². The monoisotopic (exact) mass is 774 g/mol. The molecule has 0 radical (unpaired) electrons. The maximum absolute atomic E-state index is 14.3. The number of fused-ring (bicyclic) bond motifs is 2. The van der Waals surface area contributed by atoms with Gasteiger partial charge in [0.2, 0.25) is 0 Å². The number of carbonyl (C=O) groups excluding carboxylic acids is 2. The average molecular weight is 775 g/mol. The molecular formula is C44H40F6N2O4. The second kappa shape index (κ2) is 17.0. The van der Waals surface area contributed by atoms with Crippen LogP contribution in [0.3, 0.4) is 0 Å². The van der Waals surface area contributed by atoms with E-state index in [4.69, 9.17) is 9.47 Å². The van der Waals surface area contributed by atoms with E-state index < -0.39 is 47.5 Å². The Bertz CT molecular complexity index is 2090. The molecule has 0 aliphatic rings. The van der Waals surface area contributed by atoms with E-state index in [0.29, 0.717) is 32.7 Å². The Morgan fingerprint density at radius 1 is 0.464 bits per heavy atom. The van der Waals surface area contributed by atoms with Gasteiger partial charge >= 0.3 is 12.4 Å². The molecule has 4 atom stereocenters. The second-order valence-corrected chi connectivity index (χ2v) is 13.0. The Hall–Kier alpha value is -5.72. The summed E-state index contributed by atoms with van der Waals surface area (Å²) in [6, 6.07) is 38.5. The number of hydrogen-bond acceptors (Lipinski definition) is 4. The second-order valence-electron chi connectivity index (χ2n) is 13.0. The smallest absolute Gasteiger partial charge is 0.356 e. The van der Waals surface area contributed by atoms with Crippen molar-refractivity contribution in [3.63, 3.8) is 0 Å². The highest BCUT2D eigenvalue weighted by Gasteiger charge is 2.64. The molecule has 6 nitrogen and oxygen atoms in total. The van der Waals surface area contributed by atoms with Gasteiger partial charge < -0.3 is 20.1 Å². The third-order valence-electron chi connectivity index (χ3n) is 9.68. The largest absolute Gasteiger partial charge is 0.430 e. The first-order valence-corrected chi connectivity index (χ1v) is 17.5. The summed E-state index contributed by atoms with van der Waals surface area (Å²) in [6.07, 6.45) is -9.93. The van der Waals surface area contributed by atoms with Crippen LogP contribution in [-0.2, 0) is 30.3 Å².